The average molecular weight is 355 g/mol. The van der Waals surface area contributed by atoms with Crippen LogP contribution in [-0.4, -0.2) is 31.7 Å². The second-order valence-electron chi connectivity index (χ2n) is 6.22. The summed E-state index contributed by atoms with van der Waals surface area (Å²) in [6.45, 7) is 4.65. The normalized spacial score (nSPS) is 12.6. The topological polar surface area (TPSA) is 73.9 Å². The van der Waals surface area contributed by atoms with Crippen LogP contribution < -0.4 is 14.8 Å². The number of para-hydroxylation sites is 1. The lowest BCUT2D eigenvalue weighted by atomic mass is 10.0. The summed E-state index contributed by atoms with van der Waals surface area (Å²) in [4.78, 5) is 24.3. The van der Waals surface area contributed by atoms with E-state index in [1.807, 2.05) is 38.1 Å². The Morgan fingerprint density at radius 3 is 2.58 bits per heavy atom. The summed E-state index contributed by atoms with van der Waals surface area (Å²) in [5.41, 5.74) is 2.06. The number of esters is 1. The molecule has 3 rings (SSSR count). The van der Waals surface area contributed by atoms with Gasteiger partial charge in [-0.05, 0) is 35.7 Å². The molecular formula is C20H21NO5. The van der Waals surface area contributed by atoms with Crippen molar-refractivity contribution in [2.75, 3.05) is 25.1 Å². The number of carbonyl (C=O) groups is 2. The van der Waals surface area contributed by atoms with Gasteiger partial charge in [0, 0.05) is 5.69 Å². The van der Waals surface area contributed by atoms with Crippen LogP contribution in [0.1, 0.15) is 35.7 Å². The first-order chi connectivity index (χ1) is 12.5. The van der Waals surface area contributed by atoms with Crippen LogP contribution in [-0.2, 0) is 9.53 Å². The van der Waals surface area contributed by atoms with Crippen molar-refractivity contribution in [3.8, 4) is 11.5 Å². The Morgan fingerprint density at radius 1 is 1.08 bits per heavy atom. The van der Waals surface area contributed by atoms with Crippen LogP contribution in [0.5, 0.6) is 11.5 Å². The largest absolute Gasteiger partial charge is 0.486 e. The van der Waals surface area contributed by atoms with Gasteiger partial charge in [0.05, 0.1) is 5.56 Å². The van der Waals surface area contributed by atoms with Gasteiger partial charge in [-0.2, -0.15) is 0 Å². The molecular weight excluding hydrogens is 334 g/mol. The van der Waals surface area contributed by atoms with Crippen LogP contribution in [0.4, 0.5) is 5.69 Å². The summed E-state index contributed by atoms with van der Waals surface area (Å²) in [5.74, 6) is 0.391. The molecule has 1 aliphatic rings. The van der Waals surface area contributed by atoms with Crippen LogP contribution in [0.15, 0.2) is 42.5 Å². The molecule has 2 aromatic rings. The quantitative estimate of drug-likeness (QED) is 0.833. The minimum Gasteiger partial charge on any atom is -0.486 e. The van der Waals surface area contributed by atoms with E-state index in [0.717, 1.165) is 11.3 Å². The van der Waals surface area contributed by atoms with Crippen molar-refractivity contribution in [3.05, 3.63) is 53.6 Å². The smallest absolute Gasteiger partial charge is 0.338 e. The zero-order chi connectivity index (χ0) is 18.5. The molecule has 6 nitrogen and oxygen atoms in total. The number of ether oxygens (including phenoxy) is 3. The predicted octanol–water partition coefficient (Wildman–Crippen LogP) is 3.38. The number of rotatable bonds is 5. The molecule has 0 aromatic heterocycles. The molecule has 1 heterocycles. The van der Waals surface area contributed by atoms with E-state index in [4.69, 9.17) is 14.2 Å². The molecule has 0 aliphatic carbocycles. The van der Waals surface area contributed by atoms with Crippen molar-refractivity contribution in [3.63, 3.8) is 0 Å². The Balaban J connectivity index is 1.59. The van der Waals surface area contributed by atoms with E-state index in [9.17, 15) is 9.59 Å². The van der Waals surface area contributed by atoms with Crippen LogP contribution in [0, 0.1) is 0 Å². The van der Waals surface area contributed by atoms with Gasteiger partial charge >= 0.3 is 5.97 Å². The van der Waals surface area contributed by atoms with Gasteiger partial charge in [0.25, 0.3) is 5.91 Å². The second kappa shape index (κ2) is 7.91. The molecule has 0 atom stereocenters. The molecule has 136 valence electrons. The highest BCUT2D eigenvalue weighted by Gasteiger charge is 2.17. The van der Waals surface area contributed by atoms with Crippen molar-refractivity contribution < 1.29 is 23.8 Å². The summed E-state index contributed by atoms with van der Waals surface area (Å²) in [7, 11) is 0. The van der Waals surface area contributed by atoms with Crippen molar-refractivity contribution in [1.29, 1.82) is 0 Å². The summed E-state index contributed by atoms with van der Waals surface area (Å²) in [5, 5.41) is 2.79. The number of fused-ring (bicyclic) bond motifs is 1. The van der Waals surface area contributed by atoms with Crippen LogP contribution >= 0.6 is 0 Å². The first-order valence-corrected chi connectivity index (χ1v) is 8.50. The molecule has 0 saturated heterocycles. The van der Waals surface area contributed by atoms with Gasteiger partial charge in [0.15, 0.2) is 18.1 Å². The minimum absolute atomic E-state index is 0.270. The van der Waals surface area contributed by atoms with E-state index >= 15 is 0 Å². The number of amides is 1. The Bertz CT molecular complexity index is 816. The maximum atomic E-state index is 12.2. The monoisotopic (exact) mass is 355 g/mol. The van der Waals surface area contributed by atoms with E-state index in [1.165, 1.54) is 0 Å². The summed E-state index contributed by atoms with van der Waals surface area (Å²) >= 11 is 0. The van der Waals surface area contributed by atoms with E-state index in [-0.39, 0.29) is 18.4 Å². The zero-order valence-electron chi connectivity index (χ0n) is 14.8. The molecule has 0 spiro atoms. The average Bonchev–Trinajstić information content (AvgIpc) is 2.66. The number of benzene rings is 2. The summed E-state index contributed by atoms with van der Waals surface area (Å²) in [6, 6.07) is 12.4. The molecule has 1 N–H and O–H groups in total. The Labute approximate surface area is 152 Å². The van der Waals surface area contributed by atoms with E-state index in [2.05, 4.69) is 5.32 Å². The first kappa shape index (κ1) is 17.8. The molecule has 0 unspecified atom stereocenters. The minimum atomic E-state index is -0.589. The number of hydrogen-bond donors (Lipinski definition) is 1. The lowest BCUT2D eigenvalue weighted by molar-refractivity contribution is -0.119. The van der Waals surface area contributed by atoms with Gasteiger partial charge in [0.2, 0.25) is 0 Å². The standard InChI is InChI=1S/C20H21NO5/c1-13(2)15-5-3-4-6-16(15)21-19(22)12-26-20(23)14-7-8-17-18(11-14)25-10-9-24-17/h3-8,11,13H,9-10,12H2,1-2H3,(H,21,22). The fourth-order valence-corrected chi connectivity index (χ4v) is 2.69. The SMILES string of the molecule is CC(C)c1ccccc1NC(=O)COC(=O)c1ccc2c(c1)OCCO2. The van der Waals surface area contributed by atoms with Gasteiger partial charge in [0.1, 0.15) is 13.2 Å². The number of hydrogen-bond acceptors (Lipinski definition) is 5. The van der Waals surface area contributed by atoms with Crippen LogP contribution in [0.25, 0.3) is 0 Å². The summed E-state index contributed by atoms with van der Waals surface area (Å²) in [6.07, 6.45) is 0. The van der Waals surface area contributed by atoms with Crippen molar-refractivity contribution in [2.45, 2.75) is 19.8 Å². The van der Waals surface area contributed by atoms with Crippen LogP contribution in [0.2, 0.25) is 0 Å². The van der Waals surface area contributed by atoms with E-state index < -0.39 is 5.97 Å². The maximum absolute atomic E-state index is 12.2. The number of anilines is 1. The molecule has 0 bridgehead atoms. The molecule has 0 saturated carbocycles. The lowest BCUT2D eigenvalue weighted by Gasteiger charge is -2.18. The van der Waals surface area contributed by atoms with Crippen LogP contribution in [0.3, 0.4) is 0 Å². The van der Waals surface area contributed by atoms with E-state index in [0.29, 0.717) is 30.3 Å². The molecule has 1 aliphatic heterocycles. The van der Waals surface area contributed by atoms with Crippen molar-refractivity contribution in [1.82, 2.24) is 0 Å². The predicted molar refractivity (Wildman–Crippen MR) is 96.9 cm³/mol. The van der Waals surface area contributed by atoms with Crippen molar-refractivity contribution >= 4 is 17.6 Å². The van der Waals surface area contributed by atoms with Gasteiger partial charge in [-0.25, -0.2) is 4.79 Å². The highest BCUT2D eigenvalue weighted by Crippen LogP contribution is 2.31. The molecule has 26 heavy (non-hydrogen) atoms. The Kier molecular flexibility index (Phi) is 5.41. The van der Waals surface area contributed by atoms with Gasteiger partial charge in [-0.1, -0.05) is 32.0 Å². The fourth-order valence-electron chi connectivity index (χ4n) is 2.69. The molecule has 0 fully saturated rings. The third-order valence-electron chi connectivity index (χ3n) is 3.97. The van der Waals surface area contributed by atoms with Gasteiger partial charge in [-0.3, -0.25) is 4.79 Å². The maximum Gasteiger partial charge on any atom is 0.338 e. The number of nitrogens with one attached hydrogen (secondary N) is 1. The summed E-state index contributed by atoms with van der Waals surface area (Å²) < 4.78 is 16.0. The second-order valence-corrected chi connectivity index (χ2v) is 6.22. The number of carbonyl (C=O) groups excluding carboxylic acids is 2. The molecule has 6 heteroatoms. The van der Waals surface area contributed by atoms with Gasteiger partial charge < -0.3 is 19.5 Å². The first-order valence-electron chi connectivity index (χ1n) is 8.50. The Morgan fingerprint density at radius 2 is 1.81 bits per heavy atom. The molecule has 0 radical (unpaired) electrons. The lowest BCUT2D eigenvalue weighted by Crippen LogP contribution is -2.22. The van der Waals surface area contributed by atoms with Gasteiger partial charge in [-0.15, -0.1) is 0 Å². The third-order valence-corrected chi connectivity index (χ3v) is 3.97. The van der Waals surface area contributed by atoms with Crippen molar-refractivity contribution in [2.24, 2.45) is 0 Å². The third kappa shape index (κ3) is 4.14. The highest BCUT2D eigenvalue weighted by molar-refractivity contribution is 5.96. The fraction of sp³-hybridized carbons (Fsp3) is 0.300. The molecule has 1 amide bonds. The van der Waals surface area contributed by atoms with E-state index in [1.54, 1.807) is 18.2 Å². The zero-order valence-corrected chi connectivity index (χ0v) is 14.8. The Hall–Kier alpha value is -3.02. The highest BCUT2D eigenvalue weighted by atomic mass is 16.6. The molecule has 2 aromatic carbocycles.